The van der Waals surface area contributed by atoms with Gasteiger partial charge in [-0.2, -0.15) is 4.79 Å². The minimum Gasteiger partial charge on any atom is -0.361 e. The molecule has 0 radical (unpaired) electrons. The Balaban J connectivity index is 3.39. The van der Waals surface area contributed by atoms with Gasteiger partial charge in [-0.25, -0.2) is 13.6 Å². The van der Waals surface area contributed by atoms with Crippen LogP contribution in [0.5, 0.6) is 0 Å². The summed E-state index contributed by atoms with van der Waals surface area (Å²) in [7, 11) is -3.86. The van der Waals surface area contributed by atoms with Crippen LogP contribution >= 0.6 is 0 Å². The van der Waals surface area contributed by atoms with Crippen LogP contribution in [0, 0.1) is 6.92 Å². The molecule has 16 heavy (non-hydrogen) atoms. The fraction of sp³-hybridized carbons (Fsp3) is 0.111. The van der Waals surface area contributed by atoms with Gasteiger partial charge in [0.2, 0.25) is 10.0 Å². The van der Waals surface area contributed by atoms with Gasteiger partial charge in [0, 0.05) is 5.56 Å². The Kier molecular flexibility index (Phi) is 3.34. The summed E-state index contributed by atoms with van der Waals surface area (Å²) in [4.78, 5) is 13.7. The Hall–Kier alpha value is -1.82. The zero-order chi connectivity index (χ0) is 12.3. The Bertz CT molecular complexity index is 586. The van der Waals surface area contributed by atoms with Crippen LogP contribution in [-0.4, -0.2) is 25.2 Å². The fourth-order valence-corrected chi connectivity index (χ4v) is 1.99. The zero-order valence-corrected chi connectivity index (χ0v) is 9.23. The lowest BCUT2D eigenvalue weighted by Gasteiger charge is -2.03. The molecule has 1 rings (SSSR count). The lowest BCUT2D eigenvalue weighted by Crippen LogP contribution is -2.15. The normalized spacial score (nSPS) is 10.6. The van der Waals surface area contributed by atoms with Crippen molar-refractivity contribution >= 4 is 22.0 Å². The van der Waals surface area contributed by atoms with Crippen molar-refractivity contribution in [3.8, 4) is 0 Å². The van der Waals surface area contributed by atoms with Gasteiger partial charge in [0.15, 0.2) is 0 Å². The molecule has 0 bridgehead atoms. The molecule has 0 aliphatic carbocycles. The minimum absolute atomic E-state index is 0.0902. The molecule has 0 saturated heterocycles. The Morgan fingerprint density at radius 2 is 2.12 bits per heavy atom. The number of rotatable bonds is 3. The van der Waals surface area contributed by atoms with E-state index >= 15 is 0 Å². The standard InChI is InChI=1S/C9H9N3O3S/c1-6-2-3-7(8(13)5-12-10)4-9(6)16(11,14)15/h2-5H,1H3,(H2,11,14,15). The molecule has 7 heteroatoms. The number of nitrogens with two attached hydrogens (primary N) is 1. The summed E-state index contributed by atoms with van der Waals surface area (Å²) in [6, 6.07) is 4.03. The summed E-state index contributed by atoms with van der Waals surface area (Å²) in [6.45, 7) is 1.56. The smallest absolute Gasteiger partial charge is 0.328 e. The number of aryl methyl sites for hydroxylation is 1. The number of carbonyl (C=O) groups is 1. The van der Waals surface area contributed by atoms with Crippen LogP contribution in [0.3, 0.4) is 0 Å². The van der Waals surface area contributed by atoms with E-state index in [1.807, 2.05) is 0 Å². The maximum atomic E-state index is 11.3. The van der Waals surface area contributed by atoms with Gasteiger partial charge in [-0.3, -0.25) is 4.79 Å². The third-order valence-electron chi connectivity index (χ3n) is 1.95. The van der Waals surface area contributed by atoms with Gasteiger partial charge in [0.1, 0.15) is 0 Å². The maximum absolute atomic E-state index is 11.3. The monoisotopic (exact) mass is 239 g/mol. The third kappa shape index (κ3) is 2.60. The van der Waals surface area contributed by atoms with E-state index in [1.165, 1.54) is 12.1 Å². The number of nitrogens with zero attached hydrogens (tertiary/aromatic N) is 2. The fourth-order valence-electron chi connectivity index (χ4n) is 1.19. The first-order valence-electron chi connectivity index (χ1n) is 4.21. The third-order valence-corrected chi connectivity index (χ3v) is 3.01. The molecule has 0 fully saturated rings. The molecule has 0 unspecified atom stereocenters. The van der Waals surface area contributed by atoms with E-state index < -0.39 is 15.8 Å². The molecule has 2 N–H and O–H groups in total. The van der Waals surface area contributed by atoms with Crippen molar-refractivity contribution in [1.82, 2.24) is 0 Å². The van der Waals surface area contributed by atoms with Crippen LogP contribution in [0.4, 0.5) is 0 Å². The number of benzene rings is 1. The lowest BCUT2D eigenvalue weighted by molar-refractivity contribution is 0.00234. The van der Waals surface area contributed by atoms with Gasteiger partial charge in [-0.15, -0.1) is 0 Å². The zero-order valence-electron chi connectivity index (χ0n) is 8.41. The molecule has 0 aliphatic rings. The summed E-state index contributed by atoms with van der Waals surface area (Å²) in [5.74, 6) is -0.604. The molecular formula is C9H9N3O3S. The molecule has 0 amide bonds. The van der Waals surface area contributed by atoms with Crippen molar-refractivity contribution in [3.05, 3.63) is 34.9 Å². The van der Waals surface area contributed by atoms with Crippen LogP contribution in [0.1, 0.15) is 15.9 Å². The van der Waals surface area contributed by atoms with E-state index in [2.05, 4.69) is 4.79 Å². The van der Waals surface area contributed by atoms with Crippen molar-refractivity contribution < 1.29 is 18.0 Å². The molecular weight excluding hydrogens is 230 g/mol. The van der Waals surface area contributed by atoms with Crippen molar-refractivity contribution in [2.75, 3.05) is 0 Å². The largest absolute Gasteiger partial charge is 0.361 e. The topological polar surface area (TPSA) is 114 Å². The molecule has 0 spiro atoms. The number of hydrogen-bond donors (Lipinski definition) is 1. The van der Waals surface area contributed by atoms with E-state index in [9.17, 15) is 13.2 Å². The van der Waals surface area contributed by atoms with Crippen LogP contribution in [0.2, 0.25) is 0 Å². The molecule has 0 saturated carbocycles. The van der Waals surface area contributed by atoms with Gasteiger partial charge in [0.25, 0.3) is 5.78 Å². The van der Waals surface area contributed by atoms with E-state index in [0.717, 1.165) is 6.07 Å². The van der Waals surface area contributed by atoms with Gasteiger partial charge in [-0.05, 0) is 18.6 Å². The van der Waals surface area contributed by atoms with E-state index in [1.54, 1.807) is 6.92 Å². The summed E-state index contributed by atoms with van der Waals surface area (Å²) in [6.07, 6.45) is 0.678. The number of hydrogen-bond acceptors (Lipinski definition) is 3. The minimum atomic E-state index is -3.86. The summed E-state index contributed by atoms with van der Waals surface area (Å²) < 4.78 is 22.3. The van der Waals surface area contributed by atoms with Crippen LogP contribution in [-0.2, 0) is 10.0 Å². The van der Waals surface area contributed by atoms with Crippen LogP contribution in [0.25, 0.3) is 5.53 Å². The number of primary sulfonamides is 1. The number of Topliss-reactive ketones (excluding diaryl/α,β-unsaturated/α-hetero) is 1. The van der Waals surface area contributed by atoms with Crippen LogP contribution < -0.4 is 5.14 Å². The van der Waals surface area contributed by atoms with Crippen molar-refractivity contribution in [2.45, 2.75) is 11.8 Å². The SMILES string of the molecule is Cc1ccc(C(=O)C=[N+]=[N-])cc1S(N)(=O)=O. The highest BCUT2D eigenvalue weighted by Gasteiger charge is 2.15. The summed E-state index contributed by atoms with van der Waals surface area (Å²) in [5, 5.41) is 4.98. The van der Waals surface area contributed by atoms with Gasteiger partial charge < -0.3 is 5.53 Å². The highest BCUT2D eigenvalue weighted by Crippen LogP contribution is 2.15. The Morgan fingerprint density at radius 1 is 1.50 bits per heavy atom. The molecule has 84 valence electrons. The predicted molar refractivity (Wildman–Crippen MR) is 56.6 cm³/mol. The molecule has 1 aromatic carbocycles. The average Bonchev–Trinajstić information content (AvgIpc) is 2.16. The van der Waals surface area contributed by atoms with Gasteiger partial charge in [-0.1, -0.05) is 12.1 Å². The van der Waals surface area contributed by atoms with Gasteiger partial charge >= 0.3 is 6.21 Å². The summed E-state index contributed by atoms with van der Waals surface area (Å²) >= 11 is 0. The second-order valence-corrected chi connectivity index (χ2v) is 4.66. The summed E-state index contributed by atoms with van der Waals surface area (Å²) in [5.41, 5.74) is 8.72. The van der Waals surface area contributed by atoms with Crippen LogP contribution in [0.15, 0.2) is 23.1 Å². The highest BCUT2D eigenvalue weighted by atomic mass is 32.2. The first-order chi connectivity index (χ1) is 7.36. The van der Waals surface area contributed by atoms with Gasteiger partial charge in [0.05, 0.1) is 4.90 Å². The molecule has 0 aliphatic heterocycles. The number of sulfonamides is 1. The molecule has 0 aromatic heterocycles. The highest BCUT2D eigenvalue weighted by molar-refractivity contribution is 7.89. The van der Waals surface area contributed by atoms with Crippen molar-refractivity contribution in [2.24, 2.45) is 5.14 Å². The second kappa shape index (κ2) is 4.36. The number of carbonyl (C=O) groups excluding carboxylic acids is 1. The van der Waals surface area contributed by atoms with E-state index in [4.69, 9.17) is 10.7 Å². The Morgan fingerprint density at radius 3 is 2.62 bits per heavy atom. The first kappa shape index (κ1) is 12.3. The van der Waals surface area contributed by atoms with E-state index in [0.29, 0.717) is 11.8 Å². The quantitative estimate of drug-likeness (QED) is 0.350. The molecule has 0 heterocycles. The molecule has 6 nitrogen and oxygen atoms in total. The van der Waals surface area contributed by atoms with E-state index in [-0.39, 0.29) is 10.5 Å². The molecule has 1 aromatic rings. The maximum Gasteiger partial charge on any atom is 0.328 e. The lowest BCUT2D eigenvalue weighted by atomic mass is 10.1. The van der Waals surface area contributed by atoms with Crippen molar-refractivity contribution in [1.29, 1.82) is 0 Å². The van der Waals surface area contributed by atoms with Crippen molar-refractivity contribution in [3.63, 3.8) is 0 Å². The average molecular weight is 239 g/mol. The number of ketones is 1. The Labute approximate surface area is 92.4 Å². The second-order valence-electron chi connectivity index (χ2n) is 3.13. The predicted octanol–water partition coefficient (Wildman–Crippen LogP) is 0.126. The first-order valence-corrected chi connectivity index (χ1v) is 5.76. The molecule has 0 atom stereocenters.